The lowest BCUT2D eigenvalue weighted by molar-refractivity contribution is 0.425. The monoisotopic (exact) mass is 358 g/mol. The summed E-state index contributed by atoms with van der Waals surface area (Å²) in [5.74, 6) is 0.850. The van der Waals surface area contributed by atoms with E-state index in [0.29, 0.717) is 0 Å². The van der Waals surface area contributed by atoms with Gasteiger partial charge in [0.1, 0.15) is 5.82 Å². The van der Waals surface area contributed by atoms with Crippen LogP contribution in [0.3, 0.4) is 0 Å². The molecule has 0 atom stereocenters. The molecule has 136 valence electrons. The molecule has 4 aromatic rings. The first kappa shape index (κ1) is 17.2. The number of hydrogen-bond acceptors (Lipinski definition) is 5. The summed E-state index contributed by atoms with van der Waals surface area (Å²) >= 11 is 0. The fraction of sp³-hybridized carbons (Fsp3) is 0.190. The van der Waals surface area contributed by atoms with Crippen LogP contribution in [0.15, 0.2) is 67.0 Å². The Morgan fingerprint density at radius 2 is 1.74 bits per heavy atom. The second-order valence-electron chi connectivity index (χ2n) is 6.66. The van der Waals surface area contributed by atoms with E-state index in [4.69, 9.17) is 5.10 Å². The molecule has 0 amide bonds. The summed E-state index contributed by atoms with van der Waals surface area (Å²) < 4.78 is 1.89. The zero-order valence-corrected chi connectivity index (χ0v) is 15.5. The fourth-order valence-corrected chi connectivity index (χ4v) is 2.96. The minimum atomic E-state index is 0.824. The van der Waals surface area contributed by atoms with Crippen molar-refractivity contribution in [1.29, 1.82) is 0 Å². The van der Waals surface area contributed by atoms with Gasteiger partial charge in [-0.1, -0.05) is 30.3 Å². The third-order valence-electron chi connectivity index (χ3n) is 4.35. The largest absolute Gasteiger partial charge is 0.369 e. The first-order valence-corrected chi connectivity index (χ1v) is 8.96. The highest BCUT2D eigenvalue weighted by atomic mass is 15.3. The lowest BCUT2D eigenvalue weighted by atomic mass is 10.1. The third-order valence-corrected chi connectivity index (χ3v) is 4.35. The van der Waals surface area contributed by atoms with Crippen LogP contribution in [0.25, 0.3) is 28.2 Å². The number of benzene rings is 1. The first-order chi connectivity index (χ1) is 13.2. The van der Waals surface area contributed by atoms with Crippen molar-refractivity contribution in [3.8, 4) is 22.5 Å². The summed E-state index contributed by atoms with van der Waals surface area (Å²) in [7, 11) is 4.11. The Bertz CT molecular complexity index is 1040. The Morgan fingerprint density at radius 1 is 0.926 bits per heavy atom. The van der Waals surface area contributed by atoms with Crippen LogP contribution in [0.5, 0.6) is 0 Å². The SMILES string of the molecule is CN(C)CCNc1cc(-c2cc3nccc(-c4ccccc4)n3n2)ccn1. The van der Waals surface area contributed by atoms with Crippen LogP contribution in [-0.2, 0) is 0 Å². The first-order valence-electron chi connectivity index (χ1n) is 8.96. The molecule has 1 N–H and O–H groups in total. The predicted octanol–water partition coefficient (Wildman–Crippen LogP) is 3.43. The van der Waals surface area contributed by atoms with Crippen molar-refractivity contribution in [1.82, 2.24) is 24.5 Å². The molecule has 0 aliphatic rings. The van der Waals surface area contributed by atoms with Crippen molar-refractivity contribution in [2.75, 3.05) is 32.5 Å². The minimum Gasteiger partial charge on any atom is -0.369 e. The molecule has 4 rings (SSSR count). The van der Waals surface area contributed by atoms with E-state index in [1.54, 1.807) is 0 Å². The molecule has 0 unspecified atom stereocenters. The standard InChI is InChI=1S/C21H22N6/c1-26(2)13-12-23-20-14-17(8-10-22-20)18-15-21-24-11-9-19(27(21)25-18)16-6-4-3-5-7-16/h3-11,14-15H,12-13H2,1-2H3,(H,22,23). The van der Waals surface area contributed by atoms with Crippen molar-refractivity contribution in [2.45, 2.75) is 0 Å². The van der Waals surface area contributed by atoms with Crippen LogP contribution in [0.2, 0.25) is 0 Å². The molecular weight excluding hydrogens is 336 g/mol. The van der Waals surface area contributed by atoms with Gasteiger partial charge in [0.2, 0.25) is 0 Å². The van der Waals surface area contributed by atoms with Crippen molar-refractivity contribution in [2.24, 2.45) is 0 Å². The number of rotatable bonds is 6. The van der Waals surface area contributed by atoms with Gasteiger partial charge >= 0.3 is 0 Å². The molecule has 0 spiro atoms. The summed E-state index contributed by atoms with van der Waals surface area (Å²) in [6.45, 7) is 1.79. The fourth-order valence-electron chi connectivity index (χ4n) is 2.96. The van der Waals surface area contributed by atoms with Crippen molar-refractivity contribution >= 4 is 11.5 Å². The molecule has 3 aromatic heterocycles. The minimum absolute atomic E-state index is 0.824. The van der Waals surface area contributed by atoms with E-state index in [1.807, 2.05) is 59.4 Å². The van der Waals surface area contributed by atoms with Crippen LogP contribution in [0, 0.1) is 0 Å². The third kappa shape index (κ3) is 3.80. The number of nitrogens with one attached hydrogen (secondary N) is 1. The average Bonchev–Trinajstić information content (AvgIpc) is 3.13. The van der Waals surface area contributed by atoms with Gasteiger partial charge in [-0.25, -0.2) is 14.5 Å². The summed E-state index contributed by atoms with van der Waals surface area (Å²) in [6.07, 6.45) is 3.63. The van der Waals surface area contributed by atoms with Crippen LogP contribution >= 0.6 is 0 Å². The van der Waals surface area contributed by atoms with E-state index >= 15 is 0 Å². The van der Waals surface area contributed by atoms with E-state index in [2.05, 4.69) is 46.4 Å². The van der Waals surface area contributed by atoms with Gasteiger partial charge in [-0.3, -0.25) is 0 Å². The molecule has 6 heteroatoms. The van der Waals surface area contributed by atoms with Gasteiger partial charge in [0.25, 0.3) is 0 Å². The number of hydrogen-bond donors (Lipinski definition) is 1. The average molecular weight is 358 g/mol. The number of likely N-dealkylation sites (N-methyl/N-ethyl adjacent to an activating group) is 1. The molecule has 1 aromatic carbocycles. The summed E-state index contributed by atoms with van der Waals surface area (Å²) in [6, 6.07) is 18.2. The lowest BCUT2D eigenvalue weighted by Crippen LogP contribution is -2.21. The molecule has 0 saturated heterocycles. The summed E-state index contributed by atoms with van der Waals surface area (Å²) in [5.41, 5.74) is 4.85. The summed E-state index contributed by atoms with van der Waals surface area (Å²) in [4.78, 5) is 11.0. The van der Waals surface area contributed by atoms with E-state index in [1.165, 1.54) is 0 Å². The van der Waals surface area contributed by atoms with Crippen molar-refractivity contribution < 1.29 is 0 Å². The Balaban J connectivity index is 1.67. The highest BCUT2D eigenvalue weighted by molar-refractivity contribution is 5.69. The maximum atomic E-state index is 4.80. The van der Waals surface area contributed by atoms with E-state index in [0.717, 1.165) is 47.1 Å². The van der Waals surface area contributed by atoms with E-state index in [9.17, 15) is 0 Å². The lowest BCUT2D eigenvalue weighted by Gasteiger charge is -2.11. The molecule has 0 radical (unpaired) electrons. The Labute approximate surface area is 158 Å². The molecule has 6 nitrogen and oxygen atoms in total. The molecule has 0 bridgehead atoms. The van der Waals surface area contributed by atoms with Crippen molar-refractivity contribution in [3.63, 3.8) is 0 Å². The molecule has 3 heterocycles. The quantitative estimate of drug-likeness (QED) is 0.572. The number of fused-ring (bicyclic) bond motifs is 1. The molecular formula is C21H22N6. The van der Waals surface area contributed by atoms with Gasteiger partial charge in [-0.05, 0) is 32.3 Å². The second kappa shape index (κ2) is 7.55. The van der Waals surface area contributed by atoms with Crippen molar-refractivity contribution in [3.05, 3.63) is 67.0 Å². The van der Waals surface area contributed by atoms with Gasteiger partial charge in [0.15, 0.2) is 5.65 Å². The van der Waals surface area contributed by atoms with Crippen LogP contribution < -0.4 is 5.32 Å². The number of nitrogens with zero attached hydrogens (tertiary/aromatic N) is 5. The second-order valence-corrected chi connectivity index (χ2v) is 6.66. The number of pyridine rings is 1. The summed E-state index contributed by atoms with van der Waals surface area (Å²) in [5, 5.41) is 8.15. The van der Waals surface area contributed by atoms with E-state index in [-0.39, 0.29) is 0 Å². The molecule has 0 aliphatic carbocycles. The predicted molar refractivity (Wildman–Crippen MR) is 109 cm³/mol. The van der Waals surface area contributed by atoms with Gasteiger partial charge in [0.05, 0.1) is 11.4 Å². The Morgan fingerprint density at radius 3 is 2.56 bits per heavy atom. The molecule has 0 fully saturated rings. The zero-order chi connectivity index (χ0) is 18.6. The zero-order valence-electron chi connectivity index (χ0n) is 15.5. The number of anilines is 1. The maximum absolute atomic E-state index is 4.80. The Hall–Kier alpha value is -3.25. The van der Waals surface area contributed by atoms with Gasteiger partial charge in [0, 0.05) is 42.7 Å². The highest BCUT2D eigenvalue weighted by Crippen LogP contribution is 2.24. The van der Waals surface area contributed by atoms with Gasteiger partial charge in [-0.2, -0.15) is 5.10 Å². The molecule has 0 saturated carbocycles. The van der Waals surface area contributed by atoms with Crippen LogP contribution in [0.4, 0.5) is 5.82 Å². The van der Waals surface area contributed by atoms with Gasteiger partial charge < -0.3 is 10.2 Å². The van der Waals surface area contributed by atoms with Crippen LogP contribution in [-0.4, -0.2) is 51.7 Å². The van der Waals surface area contributed by atoms with E-state index < -0.39 is 0 Å². The maximum Gasteiger partial charge on any atom is 0.156 e. The van der Waals surface area contributed by atoms with Gasteiger partial charge in [-0.15, -0.1) is 0 Å². The Kier molecular flexibility index (Phi) is 4.80. The number of aromatic nitrogens is 4. The normalized spacial score (nSPS) is 11.2. The molecule has 0 aliphatic heterocycles. The smallest absolute Gasteiger partial charge is 0.156 e. The van der Waals surface area contributed by atoms with Crippen LogP contribution in [0.1, 0.15) is 0 Å². The highest BCUT2D eigenvalue weighted by Gasteiger charge is 2.10. The topological polar surface area (TPSA) is 58.4 Å². The molecule has 27 heavy (non-hydrogen) atoms.